The van der Waals surface area contributed by atoms with Crippen molar-refractivity contribution in [3.05, 3.63) is 59.1 Å². The first-order valence-corrected chi connectivity index (χ1v) is 9.15. The number of halogens is 1. The Morgan fingerprint density at radius 2 is 1.68 bits per heavy atom. The van der Waals surface area contributed by atoms with Gasteiger partial charge in [-0.05, 0) is 42.5 Å². The van der Waals surface area contributed by atoms with E-state index in [2.05, 4.69) is 15.0 Å². The van der Waals surface area contributed by atoms with Crippen LogP contribution in [0.25, 0.3) is 0 Å². The van der Waals surface area contributed by atoms with Crippen molar-refractivity contribution in [3.8, 4) is 0 Å². The van der Waals surface area contributed by atoms with Gasteiger partial charge in [0, 0.05) is 42.6 Å². The molecule has 0 atom stereocenters. The Bertz CT molecular complexity index is 877. The fourth-order valence-corrected chi connectivity index (χ4v) is 3.16. The fourth-order valence-electron chi connectivity index (χ4n) is 2.98. The van der Waals surface area contributed by atoms with E-state index in [1.165, 1.54) is 24.1 Å². The maximum Gasteiger partial charge on any atom is 0.337 e. The van der Waals surface area contributed by atoms with Gasteiger partial charge in [-0.3, -0.25) is 9.59 Å². The Hall–Kier alpha value is -3.06. The summed E-state index contributed by atoms with van der Waals surface area (Å²) in [6, 6.07) is 13.7. The lowest BCUT2D eigenvalue weighted by Crippen LogP contribution is -2.51. The molecule has 0 aromatic heterocycles. The number of benzene rings is 2. The topological polar surface area (TPSA) is 78.9 Å². The van der Waals surface area contributed by atoms with Gasteiger partial charge in [-0.2, -0.15) is 0 Å². The third-order valence-corrected chi connectivity index (χ3v) is 4.73. The Morgan fingerprint density at radius 3 is 2.29 bits per heavy atom. The number of anilines is 2. The number of amides is 2. The zero-order valence-corrected chi connectivity index (χ0v) is 16.1. The van der Waals surface area contributed by atoms with Crippen molar-refractivity contribution in [3.63, 3.8) is 0 Å². The van der Waals surface area contributed by atoms with Crippen molar-refractivity contribution in [2.24, 2.45) is 0 Å². The van der Waals surface area contributed by atoms with Crippen molar-refractivity contribution in [1.82, 2.24) is 4.90 Å². The van der Waals surface area contributed by atoms with Crippen molar-refractivity contribution < 1.29 is 19.1 Å². The molecule has 0 aliphatic carbocycles. The number of nitrogens with one attached hydrogen (secondary N) is 1. The first-order valence-electron chi connectivity index (χ1n) is 8.77. The van der Waals surface area contributed by atoms with Gasteiger partial charge in [0.05, 0.1) is 12.7 Å². The smallest absolute Gasteiger partial charge is 0.337 e. The number of nitrogens with zero attached hydrogens (tertiary/aromatic N) is 2. The molecule has 0 unspecified atom stereocenters. The molecule has 0 bridgehead atoms. The molecule has 0 spiro atoms. The molecular weight excluding hydrogens is 382 g/mol. The van der Waals surface area contributed by atoms with Crippen LogP contribution in [0.15, 0.2) is 48.5 Å². The van der Waals surface area contributed by atoms with Gasteiger partial charge in [0.1, 0.15) is 0 Å². The fraction of sp³-hybridized carbons (Fsp3) is 0.250. The SMILES string of the molecule is COC(=O)c1ccc(NC(=O)C(=O)N2CCN(c3cccc(Cl)c3)CC2)cc1. The van der Waals surface area contributed by atoms with Crippen molar-refractivity contribution in [2.75, 3.05) is 43.5 Å². The minimum Gasteiger partial charge on any atom is -0.465 e. The predicted molar refractivity (Wildman–Crippen MR) is 107 cm³/mol. The van der Waals surface area contributed by atoms with Gasteiger partial charge in [-0.15, -0.1) is 0 Å². The summed E-state index contributed by atoms with van der Waals surface area (Å²) in [5.74, 6) is -1.75. The lowest BCUT2D eigenvalue weighted by Gasteiger charge is -2.35. The molecule has 2 aromatic carbocycles. The van der Waals surface area contributed by atoms with E-state index in [0.29, 0.717) is 42.5 Å². The summed E-state index contributed by atoms with van der Waals surface area (Å²) >= 11 is 6.03. The summed E-state index contributed by atoms with van der Waals surface area (Å²) in [4.78, 5) is 39.8. The number of esters is 1. The van der Waals surface area contributed by atoms with Gasteiger partial charge in [-0.25, -0.2) is 4.79 Å². The molecule has 28 heavy (non-hydrogen) atoms. The number of hydrogen-bond acceptors (Lipinski definition) is 5. The molecule has 2 aromatic rings. The third kappa shape index (κ3) is 4.61. The Morgan fingerprint density at radius 1 is 1.00 bits per heavy atom. The summed E-state index contributed by atoms with van der Waals surface area (Å²) in [6.07, 6.45) is 0. The zero-order valence-electron chi connectivity index (χ0n) is 15.4. The van der Waals surface area contributed by atoms with Gasteiger partial charge >= 0.3 is 17.8 Å². The number of methoxy groups -OCH3 is 1. The van der Waals surface area contributed by atoms with Crippen molar-refractivity contribution in [1.29, 1.82) is 0 Å². The number of hydrogen-bond donors (Lipinski definition) is 1. The van der Waals surface area contributed by atoms with Crippen LogP contribution in [0.2, 0.25) is 5.02 Å². The maximum absolute atomic E-state index is 12.4. The van der Waals surface area contributed by atoms with E-state index >= 15 is 0 Å². The van der Waals surface area contributed by atoms with E-state index in [-0.39, 0.29) is 0 Å². The molecule has 0 saturated carbocycles. The molecule has 1 saturated heterocycles. The van der Waals surface area contributed by atoms with Gasteiger partial charge in [0.25, 0.3) is 0 Å². The van der Waals surface area contributed by atoms with E-state index in [1.54, 1.807) is 12.1 Å². The van der Waals surface area contributed by atoms with Crippen molar-refractivity contribution >= 4 is 40.8 Å². The normalized spacial score (nSPS) is 13.8. The highest BCUT2D eigenvalue weighted by molar-refractivity contribution is 6.39. The van der Waals surface area contributed by atoms with Crippen LogP contribution in [0.4, 0.5) is 11.4 Å². The molecule has 1 aliphatic heterocycles. The van der Waals surface area contributed by atoms with Gasteiger partial charge < -0.3 is 19.9 Å². The number of ether oxygens (including phenoxy) is 1. The quantitative estimate of drug-likeness (QED) is 0.631. The van der Waals surface area contributed by atoms with E-state index < -0.39 is 17.8 Å². The monoisotopic (exact) mass is 401 g/mol. The van der Waals surface area contributed by atoms with Gasteiger partial charge in [-0.1, -0.05) is 17.7 Å². The van der Waals surface area contributed by atoms with E-state index in [4.69, 9.17) is 11.6 Å². The van der Waals surface area contributed by atoms with Crippen LogP contribution in [0.5, 0.6) is 0 Å². The number of piperazine rings is 1. The zero-order chi connectivity index (χ0) is 20.1. The van der Waals surface area contributed by atoms with Crippen LogP contribution in [-0.2, 0) is 14.3 Å². The molecule has 8 heteroatoms. The third-order valence-electron chi connectivity index (χ3n) is 4.50. The summed E-state index contributed by atoms with van der Waals surface area (Å²) in [5, 5.41) is 3.22. The molecule has 3 rings (SSSR count). The molecule has 1 fully saturated rings. The molecule has 7 nitrogen and oxygen atoms in total. The second kappa shape index (κ2) is 8.75. The minimum absolute atomic E-state index is 0.365. The van der Waals surface area contributed by atoms with Crippen LogP contribution in [0.1, 0.15) is 10.4 Å². The predicted octanol–water partition coefficient (Wildman–Crippen LogP) is 2.41. The number of carbonyl (C=O) groups excluding carboxylic acids is 3. The molecule has 1 N–H and O–H groups in total. The minimum atomic E-state index is -0.706. The lowest BCUT2D eigenvalue weighted by atomic mass is 10.2. The van der Waals surface area contributed by atoms with E-state index in [9.17, 15) is 14.4 Å². The highest BCUT2D eigenvalue weighted by Crippen LogP contribution is 2.21. The van der Waals surface area contributed by atoms with Crippen LogP contribution < -0.4 is 10.2 Å². The molecule has 2 amide bonds. The summed E-state index contributed by atoms with van der Waals surface area (Å²) < 4.78 is 4.62. The molecular formula is C20H20ClN3O4. The van der Waals surface area contributed by atoms with E-state index in [0.717, 1.165) is 5.69 Å². The molecule has 1 heterocycles. The number of carbonyl (C=O) groups is 3. The molecule has 146 valence electrons. The van der Waals surface area contributed by atoms with Crippen LogP contribution in [-0.4, -0.2) is 56.0 Å². The highest BCUT2D eigenvalue weighted by Gasteiger charge is 2.26. The molecule has 1 aliphatic rings. The summed E-state index contributed by atoms with van der Waals surface area (Å²) in [6.45, 7) is 2.13. The highest BCUT2D eigenvalue weighted by atomic mass is 35.5. The second-order valence-electron chi connectivity index (χ2n) is 6.28. The standard InChI is InChI=1S/C20H20ClN3O4/c1-28-20(27)14-5-7-16(8-6-14)22-18(25)19(26)24-11-9-23(10-12-24)17-4-2-3-15(21)13-17/h2-8,13H,9-12H2,1H3,(H,22,25). The summed E-state index contributed by atoms with van der Waals surface area (Å²) in [7, 11) is 1.29. The Labute approximate surface area is 167 Å². The van der Waals surface area contributed by atoms with Crippen LogP contribution >= 0.6 is 11.6 Å². The van der Waals surface area contributed by atoms with Gasteiger partial charge in [0.15, 0.2) is 0 Å². The van der Waals surface area contributed by atoms with Crippen LogP contribution in [0, 0.1) is 0 Å². The maximum atomic E-state index is 12.4. The number of rotatable bonds is 3. The summed E-state index contributed by atoms with van der Waals surface area (Å²) in [5.41, 5.74) is 1.79. The lowest BCUT2D eigenvalue weighted by molar-refractivity contribution is -0.143. The first-order chi connectivity index (χ1) is 13.5. The molecule has 0 radical (unpaired) electrons. The average molecular weight is 402 g/mol. The van der Waals surface area contributed by atoms with E-state index in [1.807, 2.05) is 24.3 Å². The van der Waals surface area contributed by atoms with Crippen LogP contribution in [0.3, 0.4) is 0 Å². The Kier molecular flexibility index (Phi) is 6.16. The first kappa shape index (κ1) is 19.7. The Balaban J connectivity index is 1.54. The second-order valence-corrected chi connectivity index (χ2v) is 6.72. The average Bonchev–Trinajstić information content (AvgIpc) is 2.73. The van der Waals surface area contributed by atoms with Crippen molar-refractivity contribution in [2.45, 2.75) is 0 Å². The largest absolute Gasteiger partial charge is 0.465 e. The van der Waals surface area contributed by atoms with Gasteiger partial charge in [0.2, 0.25) is 0 Å².